The van der Waals surface area contributed by atoms with E-state index in [1.165, 1.54) is 19.9 Å². The summed E-state index contributed by atoms with van der Waals surface area (Å²) in [6.07, 6.45) is 1.32. The Morgan fingerprint density at radius 2 is 2.17 bits per heavy atom. The topological polar surface area (TPSA) is 101 Å². The van der Waals surface area contributed by atoms with Crippen molar-refractivity contribution in [3.63, 3.8) is 0 Å². The van der Waals surface area contributed by atoms with Gasteiger partial charge < -0.3 is 9.63 Å². The molecular weight excluding hydrogens is 260 g/mol. The van der Waals surface area contributed by atoms with E-state index in [9.17, 15) is 13.2 Å². The normalized spacial score (nSPS) is 11.7. The van der Waals surface area contributed by atoms with Crippen LogP contribution in [0.5, 0.6) is 0 Å². The van der Waals surface area contributed by atoms with Gasteiger partial charge >= 0.3 is 5.97 Å². The van der Waals surface area contributed by atoms with E-state index in [0.29, 0.717) is 0 Å². The highest BCUT2D eigenvalue weighted by molar-refractivity contribution is 7.89. The van der Waals surface area contributed by atoms with E-state index in [1.807, 2.05) is 0 Å². The first-order chi connectivity index (χ1) is 8.30. The minimum absolute atomic E-state index is 0.0920. The van der Waals surface area contributed by atoms with Crippen molar-refractivity contribution in [3.8, 4) is 0 Å². The summed E-state index contributed by atoms with van der Waals surface area (Å²) in [4.78, 5) is 10.6. The van der Waals surface area contributed by atoms with Crippen LogP contribution >= 0.6 is 0 Å². The second-order valence-electron chi connectivity index (χ2n) is 3.63. The maximum absolute atomic E-state index is 12.3. The van der Waals surface area contributed by atoms with Gasteiger partial charge in [-0.15, -0.1) is 6.58 Å². The third-order valence-corrected chi connectivity index (χ3v) is 4.27. The van der Waals surface area contributed by atoms with Crippen LogP contribution in [-0.2, 0) is 14.8 Å². The highest BCUT2D eigenvalue weighted by Gasteiger charge is 2.31. The third-order valence-electron chi connectivity index (χ3n) is 2.21. The maximum Gasteiger partial charge on any atom is 0.318 e. The molecule has 0 aliphatic rings. The van der Waals surface area contributed by atoms with Crippen LogP contribution in [0.2, 0.25) is 0 Å². The summed E-state index contributed by atoms with van der Waals surface area (Å²) in [6, 6.07) is 0. The van der Waals surface area contributed by atoms with Crippen LogP contribution in [0.3, 0.4) is 0 Å². The maximum atomic E-state index is 12.3. The van der Waals surface area contributed by atoms with E-state index < -0.39 is 22.5 Å². The Kier molecular flexibility index (Phi) is 4.25. The van der Waals surface area contributed by atoms with E-state index in [1.54, 1.807) is 0 Å². The van der Waals surface area contributed by atoms with Gasteiger partial charge in [0.15, 0.2) is 5.76 Å². The molecule has 0 fully saturated rings. The Bertz CT molecular complexity index is 541. The number of hydrogen-bond donors (Lipinski definition) is 1. The van der Waals surface area contributed by atoms with Gasteiger partial charge in [-0.2, -0.15) is 4.31 Å². The number of carboxylic acid groups (broad SMARTS) is 1. The molecule has 8 heteroatoms. The average molecular weight is 274 g/mol. The Hall–Kier alpha value is -1.67. The molecule has 100 valence electrons. The molecule has 1 heterocycles. The molecule has 0 atom stereocenters. The minimum atomic E-state index is -3.95. The molecule has 0 saturated heterocycles. The van der Waals surface area contributed by atoms with Gasteiger partial charge in [0.1, 0.15) is 17.1 Å². The molecule has 1 N–H and O–H groups in total. The summed E-state index contributed by atoms with van der Waals surface area (Å²) >= 11 is 0. The molecular formula is C10H14N2O5S. The lowest BCUT2D eigenvalue weighted by molar-refractivity contribution is -0.137. The van der Waals surface area contributed by atoms with Gasteiger partial charge in [0.2, 0.25) is 10.0 Å². The van der Waals surface area contributed by atoms with E-state index >= 15 is 0 Å². The predicted octanol–water partition coefficient (Wildman–Crippen LogP) is 0.553. The number of sulfonamides is 1. The van der Waals surface area contributed by atoms with Crippen molar-refractivity contribution in [2.75, 3.05) is 13.1 Å². The van der Waals surface area contributed by atoms with Gasteiger partial charge in [0, 0.05) is 6.54 Å². The number of aromatic nitrogens is 1. The summed E-state index contributed by atoms with van der Waals surface area (Å²) in [6.45, 7) is 5.61. The molecule has 0 unspecified atom stereocenters. The molecule has 18 heavy (non-hydrogen) atoms. The van der Waals surface area contributed by atoms with Crippen molar-refractivity contribution in [1.82, 2.24) is 9.46 Å². The van der Waals surface area contributed by atoms with Crippen LogP contribution in [0, 0.1) is 13.8 Å². The van der Waals surface area contributed by atoms with Gasteiger partial charge in [-0.3, -0.25) is 4.79 Å². The van der Waals surface area contributed by atoms with Crippen LogP contribution in [0.15, 0.2) is 22.1 Å². The number of carboxylic acids is 1. The van der Waals surface area contributed by atoms with Gasteiger partial charge in [0.05, 0.1) is 0 Å². The highest BCUT2D eigenvalue weighted by atomic mass is 32.2. The second-order valence-corrected chi connectivity index (χ2v) is 5.51. The first kappa shape index (κ1) is 14.4. The smallest absolute Gasteiger partial charge is 0.318 e. The van der Waals surface area contributed by atoms with Crippen LogP contribution in [0.1, 0.15) is 11.5 Å². The molecule has 0 aliphatic heterocycles. The highest BCUT2D eigenvalue weighted by Crippen LogP contribution is 2.22. The van der Waals surface area contributed by atoms with Gasteiger partial charge in [-0.05, 0) is 13.8 Å². The molecule has 0 aliphatic carbocycles. The van der Waals surface area contributed by atoms with Gasteiger partial charge in [-0.25, -0.2) is 8.42 Å². The lowest BCUT2D eigenvalue weighted by Crippen LogP contribution is -2.36. The van der Waals surface area contributed by atoms with E-state index in [0.717, 1.165) is 4.31 Å². The van der Waals surface area contributed by atoms with Crippen LogP contribution in [0.25, 0.3) is 0 Å². The zero-order chi connectivity index (χ0) is 13.9. The lowest BCUT2D eigenvalue weighted by Gasteiger charge is -2.18. The summed E-state index contributed by atoms with van der Waals surface area (Å²) in [5.41, 5.74) is 0.201. The fourth-order valence-electron chi connectivity index (χ4n) is 1.51. The zero-order valence-corrected chi connectivity index (χ0v) is 10.9. The largest absolute Gasteiger partial charge is 0.480 e. The standard InChI is InChI=1S/C10H14N2O5S/c1-4-5-12(6-9(13)14)18(15,16)10-7(2)11-17-8(10)3/h4H,1,5-6H2,2-3H3,(H,13,14). The van der Waals surface area contributed by atoms with Crippen LogP contribution in [-0.4, -0.2) is 42.0 Å². The summed E-state index contributed by atoms with van der Waals surface area (Å²) < 4.78 is 30.1. The molecule has 0 aromatic carbocycles. The third kappa shape index (κ3) is 2.77. The molecule has 0 spiro atoms. The van der Waals surface area contributed by atoms with Gasteiger partial charge in [0.25, 0.3) is 0 Å². The first-order valence-corrected chi connectivity index (χ1v) is 6.50. The van der Waals surface area contributed by atoms with Crippen molar-refractivity contribution in [2.24, 2.45) is 0 Å². The monoisotopic (exact) mass is 274 g/mol. The summed E-state index contributed by atoms with van der Waals surface area (Å²) in [7, 11) is -3.95. The van der Waals surface area contributed by atoms with Crippen molar-refractivity contribution in [1.29, 1.82) is 0 Å². The second kappa shape index (κ2) is 5.32. The molecule has 1 aromatic heterocycles. The molecule has 1 rings (SSSR count). The molecule has 0 amide bonds. The molecule has 7 nitrogen and oxygen atoms in total. The predicted molar refractivity (Wildman–Crippen MR) is 62.6 cm³/mol. The number of aliphatic carboxylic acids is 1. The zero-order valence-electron chi connectivity index (χ0n) is 10.1. The van der Waals surface area contributed by atoms with E-state index in [-0.39, 0.29) is 22.9 Å². The fourth-order valence-corrected chi connectivity index (χ4v) is 3.17. The van der Waals surface area contributed by atoms with E-state index in [4.69, 9.17) is 9.63 Å². The fraction of sp³-hybridized carbons (Fsp3) is 0.400. The summed E-state index contributed by atoms with van der Waals surface area (Å²) in [5, 5.41) is 12.3. The van der Waals surface area contributed by atoms with Crippen LogP contribution in [0.4, 0.5) is 0 Å². The first-order valence-electron chi connectivity index (χ1n) is 5.06. The number of hydrogen-bond acceptors (Lipinski definition) is 5. The molecule has 0 radical (unpaired) electrons. The van der Waals surface area contributed by atoms with Crippen molar-refractivity contribution in [3.05, 3.63) is 24.1 Å². The van der Waals surface area contributed by atoms with Crippen molar-refractivity contribution in [2.45, 2.75) is 18.7 Å². The SMILES string of the molecule is C=CCN(CC(=O)O)S(=O)(=O)c1c(C)noc1C. The molecule has 0 saturated carbocycles. The Labute approximate surface area is 105 Å². The Morgan fingerprint density at radius 3 is 2.56 bits per heavy atom. The number of carbonyl (C=O) groups is 1. The lowest BCUT2D eigenvalue weighted by atomic mass is 10.4. The van der Waals surface area contributed by atoms with Gasteiger partial charge in [-0.1, -0.05) is 11.2 Å². The van der Waals surface area contributed by atoms with Crippen molar-refractivity contribution >= 4 is 16.0 Å². The molecule has 0 bridgehead atoms. The Morgan fingerprint density at radius 1 is 1.56 bits per heavy atom. The Balaban J connectivity index is 3.25. The minimum Gasteiger partial charge on any atom is -0.480 e. The quantitative estimate of drug-likeness (QED) is 0.760. The molecule has 1 aromatic rings. The van der Waals surface area contributed by atoms with Crippen molar-refractivity contribution < 1.29 is 22.8 Å². The number of nitrogens with zero attached hydrogens (tertiary/aromatic N) is 2. The van der Waals surface area contributed by atoms with Crippen LogP contribution < -0.4 is 0 Å². The summed E-state index contributed by atoms with van der Waals surface area (Å²) in [5.74, 6) is -1.11. The average Bonchev–Trinajstić information content (AvgIpc) is 2.57. The number of aryl methyl sites for hydroxylation is 2. The number of rotatable bonds is 6. The van der Waals surface area contributed by atoms with E-state index in [2.05, 4.69) is 11.7 Å².